The van der Waals surface area contributed by atoms with Crippen molar-refractivity contribution in [1.29, 1.82) is 0 Å². The largest absolute Gasteiger partial charge is 0.343 e. The molecule has 0 aromatic heterocycles. The molecule has 0 radical (unpaired) electrons. The zero-order valence-electron chi connectivity index (χ0n) is 12.9. The smallest absolute Gasteiger partial charge is 0.245 e. The maximum absolute atomic E-state index is 12.6. The summed E-state index contributed by atoms with van der Waals surface area (Å²) >= 11 is 0. The average molecular weight is 326 g/mol. The molecule has 1 aromatic rings. The molecule has 1 unspecified atom stereocenters. The molecule has 2 N–H and O–H groups in total. The Kier molecular flexibility index (Phi) is 7.91. The Labute approximate surface area is 137 Å². The number of nitrogens with zero attached hydrogens (tertiary/aromatic N) is 1. The van der Waals surface area contributed by atoms with Gasteiger partial charge in [-0.15, -0.1) is 12.4 Å². The quantitative estimate of drug-likeness (QED) is 0.819. The molecule has 0 spiro atoms. The van der Waals surface area contributed by atoms with E-state index in [9.17, 15) is 9.59 Å². The van der Waals surface area contributed by atoms with Crippen molar-refractivity contribution in [2.45, 2.75) is 25.3 Å². The third-order valence-corrected chi connectivity index (χ3v) is 3.67. The van der Waals surface area contributed by atoms with Crippen molar-refractivity contribution in [3.8, 4) is 0 Å². The molecule has 2 amide bonds. The van der Waals surface area contributed by atoms with Crippen LogP contribution in [0.1, 0.15) is 18.4 Å². The Hall–Kier alpha value is -1.59. The van der Waals surface area contributed by atoms with Gasteiger partial charge < -0.3 is 15.5 Å². The predicted molar refractivity (Wildman–Crippen MR) is 89.1 cm³/mol. The number of benzene rings is 1. The van der Waals surface area contributed by atoms with Crippen LogP contribution < -0.4 is 10.6 Å². The van der Waals surface area contributed by atoms with Crippen LogP contribution in [-0.2, 0) is 16.0 Å². The average Bonchev–Trinajstić information content (AvgIpc) is 3.01. The van der Waals surface area contributed by atoms with Gasteiger partial charge in [-0.1, -0.05) is 30.3 Å². The summed E-state index contributed by atoms with van der Waals surface area (Å²) in [6.07, 6.45) is 2.63. The number of rotatable bonds is 6. The zero-order valence-corrected chi connectivity index (χ0v) is 13.7. The first-order valence-corrected chi connectivity index (χ1v) is 7.47. The minimum Gasteiger partial charge on any atom is -0.343 e. The van der Waals surface area contributed by atoms with Crippen LogP contribution in [0.5, 0.6) is 0 Å². The number of halogens is 1. The summed E-state index contributed by atoms with van der Waals surface area (Å²) < 4.78 is 0. The van der Waals surface area contributed by atoms with E-state index in [1.165, 1.54) is 0 Å². The number of likely N-dealkylation sites (N-methyl/N-ethyl adjacent to an activating group) is 1. The highest BCUT2D eigenvalue weighted by Gasteiger charge is 2.27. The number of hydrogen-bond donors (Lipinski definition) is 2. The van der Waals surface area contributed by atoms with Crippen molar-refractivity contribution in [2.24, 2.45) is 0 Å². The van der Waals surface area contributed by atoms with Crippen LogP contribution in [0, 0.1) is 0 Å². The molecule has 5 nitrogen and oxygen atoms in total. The van der Waals surface area contributed by atoms with Crippen molar-refractivity contribution in [2.75, 3.05) is 26.7 Å². The summed E-state index contributed by atoms with van der Waals surface area (Å²) in [7, 11) is 1.72. The van der Waals surface area contributed by atoms with Gasteiger partial charge in [0.25, 0.3) is 0 Å². The molecular formula is C16H24ClN3O2. The van der Waals surface area contributed by atoms with E-state index in [2.05, 4.69) is 10.6 Å². The fraction of sp³-hybridized carbons (Fsp3) is 0.500. The van der Waals surface area contributed by atoms with Crippen molar-refractivity contribution < 1.29 is 9.59 Å². The van der Waals surface area contributed by atoms with Crippen molar-refractivity contribution in [1.82, 2.24) is 15.5 Å². The summed E-state index contributed by atoms with van der Waals surface area (Å²) in [6.45, 7) is 1.82. The lowest BCUT2D eigenvalue weighted by Gasteiger charge is -2.24. The molecule has 122 valence electrons. The lowest BCUT2D eigenvalue weighted by atomic mass is 10.0. The standard InChI is InChI=1S/C16H23N3O2.ClH/c1-17-12-15(20)18-14(11-13-7-3-2-4-8-13)16(21)19-9-5-6-10-19;/h2-4,7-8,14,17H,5-6,9-12H2,1H3,(H,18,20);1H. The zero-order chi connectivity index (χ0) is 15.1. The lowest BCUT2D eigenvalue weighted by Crippen LogP contribution is -2.50. The summed E-state index contributed by atoms with van der Waals surface area (Å²) in [5.41, 5.74) is 1.06. The molecule has 22 heavy (non-hydrogen) atoms. The molecule has 1 saturated heterocycles. The highest BCUT2D eigenvalue weighted by Crippen LogP contribution is 2.12. The van der Waals surface area contributed by atoms with Gasteiger partial charge in [-0.2, -0.15) is 0 Å². The molecule has 0 bridgehead atoms. The van der Waals surface area contributed by atoms with Crippen LogP contribution in [0.25, 0.3) is 0 Å². The SMILES string of the molecule is CNCC(=O)NC(Cc1ccccc1)C(=O)N1CCCC1.Cl. The molecule has 6 heteroatoms. The number of nitrogens with one attached hydrogen (secondary N) is 2. The minimum absolute atomic E-state index is 0. The van der Waals surface area contributed by atoms with Crippen molar-refractivity contribution >= 4 is 24.2 Å². The fourth-order valence-electron chi connectivity index (χ4n) is 2.61. The third kappa shape index (κ3) is 5.31. The number of carbonyl (C=O) groups excluding carboxylic acids is 2. The van der Waals surface area contributed by atoms with E-state index in [1.54, 1.807) is 7.05 Å². The van der Waals surface area contributed by atoms with E-state index in [-0.39, 0.29) is 30.8 Å². The van der Waals surface area contributed by atoms with Gasteiger partial charge in [-0.3, -0.25) is 9.59 Å². The van der Waals surface area contributed by atoms with Gasteiger partial charge in [0.2, 0.25) is 11.8 Å². The van der Waals surface area contributed by atoms with E-state index < -0.39 is 6.04 Å². The third-order valence-electron chi connectivity index (χ3n) is 3.67. The van der Waals surface area contributed by atoms with Crippen molar-refractivity contribution in [3.63, 3.8) is 0 Å². The predicted octanol–water partition coefficient (Wildman–Crippen LogP) is 0.977. The van der Waals surface area contributed by atoms with Gasteiger partial charge in [-0.25, -0.2) is 0 Å². The Balaban J connectivity index is 0.00000242. The van der Waals surface area contributed by atoms with Crippen LogP contribution in [0.2, 0.25) is 0 Å². The summed E-state index contributed by atoms with van der Waals surface area (Å²) in [4.78, 5) is 26.3. The second-order valence-corrected chi connectivity index (χ2v) is 5.37. The van der Waals surface area contributed by atoms with Crippen LogP contribution >= 0.6 is 12.4 Å². The van der Waals surface area contributed by atoms with Crippen LogP contribution in [0.15, 0.2) is 30.3 Å². The monoisotopic (exact) mass is 325 g/mol. The number of hydrogen-bond acceptors (Lipinski definition) is 3. The van der Waals surface area contributed by atoms with E-state index in [0.29, 0.717) is 6.42 Å². The molecule has 2 rings (SSSR count). The molecule has 1 heterocycles. The Morgan fingerprint density at radius 1 is 1.18 bits per heavy atom. The molecule has 1 fully saturated rings. The second kappa shape index (κ2) is 9.43. The first kappa shape index (κ1) is 18.5. The van der Waals surface area contributed by atoms with Crippen molar-refractivity contribution in [3.05, 3.63) is 35.9 Å². The Morgan fingerprint density at radius 3 is 2.41 bits per heavy atom. The maximum Gasteiger partial charge on any atom is 0.245 e. The topological polar surface area (TPSA) is 61.4 Å². The van der Waals surface area contributed by atoms with Gasteiger partial charge in [0, 0.05) is 19.5 Å². The molecule has 0 saturated carbocycles. The number of carbonyl (C=O) groups is 2. The highest BCUT2D eigenvalue weighted by molar-refractivity contribution is 5.88. The first-order valence-electron chi connectivity index (χ1n) is 7.47. The number of likely N-dealkylation sites (tertiary alicyclic amines) is 1. The maximum atomic E-state index is 12.6. The molecule has 1 aliphatic heterocycles. The van der Waals surface area contributed by atoms with Crippen LogP contribution in [-0.4, -0.2) is 49.4 Å². The fourth-order valence-corrected chi connectivity index (χ4v) is 2.61. The molecule has 1 aromatic carbocycles. The molecular weight excluding hydrogens is 302 g/mol. The van der Waals surface area contributed by atoms with Gasteiger partial charge in [0.05, 0.1) is 6.54 Å². The van der Waals surface area contributed by atoms with E-state index >= 15 is 0 Å². The summed E-state index contributed by atoms with van der Waals surface area (Å²) in [5, 5.41) is 5.66. The normalized spacial score (nSPS) is 15.0. The van der Waals surface area contributed by atoms with Gasteiger partial charge in [0.1, 0.15) is 6.04 Å². The lowest BCUT2D eigenvalue weighted by molar-refractivity contribution is -0.135. The van der Waals surface area contributed by atoms with Crippen LogP contribution in [0.4, 0.5) is 0 Å². The summed E-state index contributed by atoms with van der Waals surface area (Å²) in [6, 6.07) is 9.32. The van der Waals surface area contributed by atoms with E-state index in [1.807, 2.05) is 35.2 Å². The van der Waals surface area contributed by atoms with E-state index in [4.69, 9.17) is 0 Å². The van der Waals surface area contributed by atoms with E-state index in [0.717, 1.165) is 31.5 Å². The molecule has 1 aliphatic rings. The molecule has 0 aliphatic carbocycles. The Bertz CT molecular complexity index is 476. The minimum atomic E-state index is -0.480. The van der Waals surface area contributed by atoms with Crippen LogP contribution in [0.3, 0.4) is 0 Å². The first-order chi connectivity index (χ1) is 10.2. The number of amides is 2. The summed E-state index contributed by atoms with van der Waals surface area (Å²) in [5.74, 6) is -0.119. The van der Waals surface area contributed by atoms with Gasteiger partial charge in [0.15, 0.2) is 0 Å². The molecule has 1 atom stereocenters. The second-order valence-electron chi connectivity index (χ2n) is 5.37. The van der Waals surface area contributed by atoms with Gasteiger partial charge in [-0.05, 0) is 25.5 Å². The highest BCUT2D eigenvalue weighted by atomic mass is 35.5. The Morgan fingerprint density at radius 2 is 1.82 bits per heavy atom. The van der Waals surface area contributed by atoms with Gasteiger partial charge >= 0.3 is 0 Å².